The third kappa shape index (κ3) is 3.22. The Kier molecular flexibility index (Phi) is 4.50. The topological polar surface area (TPSA) is 46.2 Å². The SMILES string of the molecule is CCc1cccc(C)c1NS(=O)(=O)c1ccc(Br)cc1. The molecular formula is C15H16BrNO2S. The van der Waals surface area contributed by atoms with E-state index in [2.05, 4.69) is 20.7 Å². The molecule has 0 amide bonds. The highest BCUT2D eigenvalue weighted by Gasteiger charge is 2.16. The van der Waals surface area contributed by atoms with Gasteiger partial charge in [0.1, 0.15) is 0 Å². The van der Waals surface area contributed by atoms with E-state index in [4.69, 9.17) is 0 Å². The van der Waals surface area contributed by atoms with E-state index in [0.717, 1.165) is 22.0 Å². The first-order chi connectivity index (χ1) is 9.44. The van der Waals surface area contributed by atoms with Crippen LogP contribution in [0.1, 0.15) is 18.1 Å². The van der Waals surface area contributed by atoms with Gasteiger partial charge in [-0.15, -0.1) is 0 Å². The third-order valence-electron chi connectivity index (χ3n) is 3.10. The van der Waals surface area contributed by atoms with Gasteiger partial charge in [-0.25, -0.2) is 8.42 Å². The fourth-order valence-corrected chi connectivity index (χ4v) is 3.41. The maximum Gasteiger partial charge on any atom is 0.261 e. The molecule has 0 aromatic heterocycles. The van der Waals surface area contributed by atoms with Crippen LogP contribution in [0.5, 0.6) is 0 Å². The largest absolute Gasteiger partial charge is 0.279 e. The summed E-state index contributed by atoms with van der Waals surface area (Å²) in [5.41, 5.74) is 2.59. The molecule has 0 unspecified atom stereocenters. The van der Waals surface area contributed by atoms with Gasteiger partial charge in [0.05, 0.1) is 10.6 Å². The molecule has 0 aliphatic rings. The van der Waals surface area contributed by atoms with E-state index in [1.165, 1.54) is 0 Å². The van der Waals surface area contributed by atoms with Crippen LogP contribution >= 0.6 is 15.9 Å². The molecule has 0 bridgehead atoms. The quantitative estimate of drug-likeness (QED) is 0.898. The molecule has 0 heterocycles. The number of nitrogens with one attached hydrogen (secondary N) is 1. The fourth-order valence-electron chi connectivity index (χ4n) is 1.98. The van der Waals surface area contributed by atoms with Gasteiger partial charge in [0.2, 0.25) is 0 Å². The van der Waals surface area contributed by atoms with Crippen LogP contribution in [0.25, 0.3) is 0 Å². The van der Waals surface area contributed by atoms with Gasteiger partial charge in [-0.05, 0) is 48.7 Å². The molecule has 0 aliphatic heterocycles. The number of aryl methyl sites for hydroxylation is 2. The molecule has 0 atom stereocenters. The first-order valence-corrected chi connectivity index (χ1v) is 8.58. The number of halogens is 1. The summed E-state index contributed by atoms with van der Waals surface area (Å²) in [5, 5.41) is 0. The third-order valence-corrected chi connectivity index (χ3v) is 4.99. The molecule has 106 valence electrons. The molecule has 0 fully saturated rings. The Morgan fingerprint density at radius 1 is 1.10 bits per heavy atom. The Labute approximate surface area is 128 Å². The highest BCUT2D eigenvalue weighted by molar-refractivity contribution is 9.10. The van der Waals surface area contributed by atoms with Crippen molar-refractivity contribution in [3.8, 4) is 0 Å². The number of hydrogen-bond donors (Lipinski definition) is 1. The second-order valence-electron chi connectivity index (χ2n) is 4.52. The molecule has 0 radical (unpaired) electrons. The molecule has 0 saturated heterocycles. The molecule has 2 aromatic rings. The molecule has 2 aromatic carbocycles. The van der Waals surface area contributed by atoms with Crippen molar-refractivity contribution in [2.75, 3.05) is 4.72 Å². The normalized spacial score (nSPS) is 11.3. The average Bonchev–Trinajstić information content (AvgIpc) is 2.41. The van der Waals surface area contributed by atoms with Crippen molar-refractivity contribution in [3.63, 3.8) is 0 Å². The Hall–Kier alpha value is -1.33. The van der Waals surface area contributed by atoms with Crippen molar-refractivity contribution in [2.24, 2.45) is 0 Å². The number of benzene rings is 2. The molecule has 0 aliphatic carbocycles. The zero-order valence-electron chi connectivity index (χ0n) is 11.4. The lowest BCUT2D eigenvalue weighted by molar-refractivity contribution is 0.601. The smallest absolute Gasteiger partial charge is 0.261 e. The Morgan fingerprint density at radius 2 is 1.75 bits per heavy atom. The zero-order valence-corrected chi connectivity index (χ0v) is 13.8. The Morgan fingerprint density at radius 3 is 2.35 bits per heavy atom. The minimum absolute atomic E-state index is 0.256. The van der Waals surface area contributed by atoms with Crippen molar-refractivity contribution < 1.29 is 8.42 Å². The van der Waals surface area contributed by atoms with Crippen molar-refractivity contribution in [3.05, 3.63) is 58.1 Å². The molecule has 5 heteroatoms. The summed E-state index contributed by atoms with van der Waals surface area (Å²) in [6, 6.07) is 12.4. The lowest BCUT2D eigenvalue weighted by Crippen LogP contribution is -2.15. The van der Waals surface area contributed by atoms with Crippen LogP contribution in [0.4, 0.5) is 5.69 Å². The summed E-state index contributed by atoms with van der Waals surface area (Å²) < 4.78 is 28.4. The molecular weight excluding hydrogens is 338 g/mol. The van der Waals surface area contributed by atoms with Gasteiger partial charge in [0.15, 0.2) is 0 Å². The minimum atomic E-state index is -3.56. The maximum atomic E-state index is 12.4. The van der Waals surface area contributed by atoms with Crippen molar-refractivity contribution in [1.29, 1.82) is 0 Å². The van der Waals surface area contributed by atoms with Gasteiger partial charge >= 0.3 is 0 Å². The van der Waals surface area contributed by atoms with E-state index in [0.29, 0.717) is 5.69 Å². The summed E-state index contributed by atoms with van der Waals surface area (Å²) in [4.78, 5) is 0.256. The monoisotopic (exact) mass is 353 g/mol. The molecule has 20 heavy (non-hydrogen) atoms. The highest BCUT2D eigenvalue weighted by atomic mass is 79.9. The van der Waals surface area contributed by atoms with Gasteiger partial charge in [-0.2, -0.15) is 0 Å². The summed E-state index contributed by atoms with van der Waals surface area (Å²) in [6.45, 7) is 3.91. The first-order valence-electron chi connectivity index (χ1n) is 6.31. The predicted molar refractivity (Wildman–Crippen MR) is 85.5 cm³/mol. The molecule has 0 saturated carbocycles. The van der Waals surface area contributed by atoms with Crippen molar-refractivity contribution >= 4 is 31.6 Å². The average molecular weight is 354 g/mol. The summed E-state index contributed by atoms with van der Waals surface area (Å²) in [7, 11) is -3.56. The predicted octanol–water partition coefficient (Wildman–Crippen LogP) is 4.12. The Bertz CT molecular complexity index is 709. The fraction of sp³-hybridized carbons (Fsp3) is 0.200. The van der Waals surface area contributed by atoms with Gasteiger partial charge in [-0.3, -0.25) is 4.72 Å². The van der Waals surface area contributed by atoms with Crippen LogP contribution in [0.15, 0.2) is 51.8 Å². The zero-order chi connectivity index (χ0) is 14.8. The molecule has 1 N–H and O–H groups in total. The first kappa shape index (κ1) is 15.1. The summed E-state index contributed by atoms with van der Waals surface area (Å²) >= 11 is 3.30. The van der Waals surface area contributed by atoms with Crippen LogP contribution in [0, 0.1) is 6.92 Å². The van der Waals surface area contributed by atoms with Crippen molar-refractivity contribution in [1.82, 2.24) is 0 Å². The van der Waals surface area contributed by atoms with E-state index in [-0.39, 0.29) is 4.90 Å². The van der Waals surface area contributed by atoms with E-state index >= 15 is 0 Å². The van der Waals surface area contributed by atoms with Crippen LogP contribution in [0.2, 0.25) is 0 Å². The molecule has 3 nitrogen and oxygen atoms in total. The van der Waals surface area contributed by atoms with Crippen LogP contribution in [-0.2, 0) is 16.4 Å². The highest BCUT2D eigenvalue weighted by Crippen LogP contribution is 2.25. The van der Waals surface area contributed by atoms with Gasteiger partial charge in [0.25, 0.3) is 10.0 Å². The lowest BCUT2D eigenvalue weighted by atomic mass is 10.1. The van der Waals surface area contributed by atoms with E-state index in [1.807, 2.05) is 32.0 Å². The van der Waals surface area contributed by atoms with E-state index in [9.17, 15) is 8.42 Å². The molecule has 2 rings (SSSR count). The van der Waals surface area contributed by atoms with Crippen LogP contribution < -0.4 is 4.72 Å². The van der Waals surface area contributed by atoms with Gasteiger partial charge in [-0.1, -0.05) is 41.1 Å². The lowest BCUT2D eigenvalue weighted by Gasteiger charge is -2.14. The van der Waals surface area contributed by atoms with Crippen LogP contribution in [-0.4, -0.2) is 8.42 Å². The number of sulfonamides is 1. The summed E-state index contributed by atoms with van der Waals surface area (Å²) in [5.74, 6) is 0. The number of para-hydroxylation sites is 1. The molecule has 0 spiro atoms. The van der Waals surface area contributed by atoms with Gasteiger partial charge < -0.3 is 0 Å². The number of anilines is 1. The van der Waals surface area contributed by atoms with Crippen LogP contribution in [0.3, 0.4) is 0 Å². The number of hydrogen-bond acceptors (Lipinski definition) is 2. The van der Waals surface area contributed by atoms with Gasteiger partial charge in [0, 0.05) is 4.47 Å². The number of rotatable bonds is 4. The second-order valence-corrected chi connectivity index (χ2v) is 7.12. The maximum absolute atomic E-state index is 12.4. The standard InChI is InChI=1S/C15H16BrNO2S/c1-3-12-6-4-5-11(2)15(12)17-20(18,19)14-9-7-13(16)8-10-14/h4-10,17H,3H2,1-2H3. The van der Waals surface area contributed by atoms with E-state index < -0.39 is 10.0 Å². The Balaban J connectivity index is 2.41. The summed E-state index contributed by atoms with van der Waals surface area (Å²) in [6.07, 6.45) is 0.778. The minimum Gasteiger partial charge on any atom is -0.279 e. The van der Waals surface area contributed by atoms with Crippen molar-refractivity contribution in [2.45, 2.75) is 25.2 Å². The van der Waals surface area contributed by atoms with E-state index in [1.54, 1.807) is 24.3 Å². The second kappa shape index (κ2) is 5.97.